The van der Waals surface area contributed by atoms with Crippen LogP contribution in [0.4, 0.5) is 16.2 Å². The molecule has 1 fully saturated rings. The van der Waals surface area contributed by atoms with E-state index in [0.29, 0.717) is 24.9 Å². The van der Waals surface area contributed by atoms with Crippen LogP contribution in [0.1, 0.15) is 0 Å². The fourth-order valence-electron chi connectivity index (χ4n) is 3.68. The van der Waals surface area contributed by atoms with Crippen LogP contribution in [0.15, 0.2) is 36.8 Å². The average Bonchev–Trinajstić information content (AvgIpc) is 3.39. The summed E-state index contributed by atoms with van der Waals surface area (Å²) in [5, 5.41) is 15.0. The van der Waals surface area contributed by atoms with Crippen molar-refractivity contribution >= 4 is 22.9 Å². The Kier molecular flexibility index (Phi) is 3.86. The van der Waals surface area contributed by atoms with Gasteiger partial charge < -0.3 is 15.5 Å². The highest BCUT2D eigenvalue weighted by Gasteiger charge is 2.31. The number of hydrogen-bond donors (Lipinski definition) is 2. The zero-order valence-corrected chi connectivity index (χ0v) is 15.5. The first-order valence-electron chi connectivity index (χ1n) is 9.09. The zero-order chi connectivity index (χ0) is 19.3. The maximum atomic E-state index is 14.1. The second-order valence-electron chi connectivity index (χ2n) is 6.99. The van der Waals surface area contributed by atoms with Crippen molar-refractivity contribution in [1.29, 1.82) is 0 Å². The molecule has 2 N–H and O–H groups in total. The number of alkyl halides is 1. The van der Waals surface area contributed by atoms with E-state index < -0.39 is 6.17 Å². The number of likely N-dealkylation sites (tertiary alicyclic amines) is 1. The van der Waals surface area contributed by atoms with Gasteiger partial charge in [-0.15, -0.1) is 5.10 Å². The van der Waals surface area contributed by atoms with Gasteiger partial charge in [0.05, 0.1) is 17.9 Å². The molecule has 28 heavy (non-hydrogen) atoms. The molecule has 4 aromatic heterocycles. The Balaban J connectivity index is 1.55. The highest BCUT2D eigenvalue weighted by molar-refractivity contribution is 5.87. The van der Waals surface area contributed by atoms with Crippen molar-refractivity contribution in [1.82, 2.24) is 34.1 Å². The Morgan fingerprint density at radius 2 is 1.96 bits per heavy atom. The summed E-state index contributed by atoms with van der Waals surface area (Å²) < 4.78 is 17.6. The summed E-state index contributed by atoms with van der Waals surface area (Å²) in [6.45, 7) is 1.03. The first-order chi connectivity index (χ1) is 13.6. The highest BCUT2D eigenvalue weighted by atomic mass is 19.1. The van der Waals surface area contributed by atoms with Crippen molar-refractivity contribution in [3.63, 3.8) is 0 Å². The van der Waals surface area contributed by atoms with Gasteiger partial charge in [0.25, 0.3) is 0 Å². The molecule has 0 bridgehead atoms. The van der Waals surface area contributed by atoms with E-state index in [0.717, 1.165) is 22.4 Å². The molecule has 5 rings (SSSR count). The normalized spacial score (nSPS) is 20.2. The van der Waals surface area contributed by atoms with Crippen molar-refractivity contribution in [2.75, 3.05) is 37.8 Å². The number of nitrogens with one attached hydrogen (secondary N) is 2. The zero-order valence-electron chi connectivity index (χ0n) is 15.5. The summed E-state index contributed by atoms with van der Waals surface area (Å²) in [4.78, 5) is 11.2. The Morgan fingerprint density at radius 3 is 2.75 bits per heavy atom. The highest BCUT2D eigenvalue weighted by Crippen LogP contribution is 2.29. The Labute approximate surface area is 160 Å². The molecule has 1 saturated heterocycles. The third-order valence-electron chi connectivity index (χ3n) is 5.03. The molecule has 0 saturated carbocycles. The first kappa shape index (κ1) is 16.9. The maximum absolute atomic E-state index is 14.1. The van der Waals surface area contributed by atoms with E-state index in [1.54, 1.807) is 22.3 Å². The molecule has 144 valence electrons. The lowest BCUT2D eigenvalue weighted by atomic mass is 10.2. The summed E-state index contributed by atoms with van der Waals surface area (Å²) >= 11 is 0. The minimum atomic E-state index is -0.950. The Hall–Kier alpha value is -3.27. The molecule has 0 unspecified atom stereocenters. The lowest BCUT2D eigenvalue weighted by Crippen LogP contribution is -2.30. The molecule has 2 atom stereocenters. The predicted octanol–water partition coefficient (Wildman–Crippen LogP) is 1.54. The van der Waals surface area contributed by atoms with E-state index in [-0.39, 0.29) is 6.04 Å². The maximum Gasteiger partial charge on any atom is 0.243 e. The standard InChI is InChI=1S/C18H20FN9/c1-20-17-16-11(13-5-8-27-15(22-13)3-6-21-27)4-7-28(16)25-18(24-17)23-14-10-26(2)9-12(14)19/h3-8,12,14H,9-10H2,1-2H3,(H2,20,23,24,25)/t12-,14+/m1/s1. The van der Waals surface area contributed by atoms with Gasteiger partial charge in [0.2, 0.25) is 5.95 Å². The Morgan fingerprint density at radius 1 is 1.11 bits per heavy atom. The molecule has 0 spiro atoms. The fraction of sp³-hybridized carbons (Fsp3) is 0.333. The van der Waals surface area contributed by atoms with Crippen LogP contribution >= 0.6 is 0 Å². The van der Waals surface area contributed by atoms with Crippen LogP contribution in [0, 0.1) is 0 Å². The third kappa shape index (κ3) is 2.73. The minimum Gasteiger partial charge on any atom is -0.371 e. The van der Waals surface area contributed by atoms with E-state index >= 15 is 0 Å². The van der Waals surface area contributed by atoms with Crippen LogP contribution in [0.25, 0.3) is 22.4 Å². The average molecular weight is 381 g/mol. The molecular formula is C18H20FN9. The fourth-order valence-corrected chi connectivity index (χ4v) is 3.68. The molecule has 0 radical (unpaired) electrons. The number of anilines is 2. The van der Waals surface area contributed by atoms with Gasteiger partial charge in [0, 0.05) is 44.2 Å². The molecule has 9 nitrogen and oxygen atoms in total. The molecule has 10 heteroatoms. The summed E-state index contributed by atoms with van der Waals surface area (Å²) in [5.41, 5.74) is 3.28. The van der Waals surface area contributed by atoms with Gasteiger partial charge in [0.15, 0.2) is 11.5 Å². The van der Waals surface area contributed by atoms with Gasteiger partial charge in [0.1, 0.15) is 11.7 Å². The quantitative estimate of drug-likeness (QED) is 0.554. The largest absolute Gasteiger partial charge is 0.371 e. The van der Waals surface area contributed by atoms with Gasteiger partial charge >= 0.3 is 0 Å². The van der Waals surface area contributed by atoms with Crippen LogP contribution in [-0.4, -0.2) is 73.5 Å². The minimum absolute atomic E-state index is 0.326. The van der Waals surface area contributed by atoms with Gasteiger partial charge in [-0.05, 0) is 19.2 Å². The van der Waals surface area contributed by atoms with Crippen molar-refractivity contribution in [2.45, 2.75) is 12.2 Å². The smallest absolute Gasteiger partial charge is 0.243 e. The van der Waals surface area contributed by atoms with Crippen molar-refractivity contribution in [2.24, 2.45) is 0 Å². The van der Waals surface area contributed by atoms with E-state index in [2.05, 4.69) is 30.8 Å². The summed E-state index contributed by atoms with van der Waals surface area (Å²) in [6, 6.07) is 5.38. The summed E-state index contributed by atoms with van der Waals surface area (Å²) in [7, 11) is 3.71. The van der Waals surface area contributed by atoms with Crippen molar-refractivity contribution < 1.29 is 4.39 Å². The molecule has 1 aliphatic heterocycles. The van der Waals surface area contributed by atoms with E-state index in [1.165, 1.54) is 0 Å². The second-order valence-corrected chi connectivity index (χ2v) is 6.99. The second kappa shape index (κ2) is 6.41. The van der Waals surface area contributed by atoms with E-state index in [9.17, 15) is 4.39 Å². The van der Waals surface area contributed by atoms with Crippen LogP contribution < -0.4 is 10.6 Å². The van der Waals surface area contributed by atoms with Crippen LogP contribution in [-0.2, 0) is 0 Å². The van der Waals surface area contributed by atoms with E-state index in [1.807, 2.05) is 42.5 Å². The van der Waals surface area contributed by atoms with Crippen molar-refractivity contribution in [3.8, 4) is 11.3 Å². The third-order valence-corrected chi connectivity index (χ3v) is 5.03. The molecule has 0 aromatic carbocycles. The number of halogens is 1. The molecule has 5 heterocycles. The van der Waals surface area contributed by atoms with Crippen LogP contribution in [0.5, 0.6) is 0 Å². The van der Waals surface area contributed by atoms with Gasteiger partial charge in [-0.3, -0.25) is 0 Å². The number of likely N-dealkylation sites (N-methyl/N-ethyl adjacent to an activating group) is 1. The summed E-state index contributed by atoms with van der Waals surface area (Å²) in [5.74, 6) is 1.04. The predicted molar refractivity (Wildman–Crippen MR) is 104 cm³/mol. The van der Waals surface area contributed by atoms with Gasteiger partial charge in [-0.1, -0.05) is 0 Å². The molecule has 0 amide bonds. The van der Waals surface area contributed by atoms with Gasteiger partial charge in [-0.2, -0.15) is 10.1 Å². The first-order valence-corrected chi connectivity index (χ1v) is 9.09. The molecule has 4 aromatic rings. The SMILES string of the molecule is CNc1nc(N[C@H]2CN(C)C[C@H]2F)nn2ccc(-c3ccn4nccc4n3)c12. The van der Waals surface area contributed by atoms with Crippen molar-refractivity contribution in [3.05, 3.63) is 36.8 Å². The molecule has 1 aliphatic rings. The topological polar surface area (TPSA) is 87.7 Å². The van der Waals surface area contributed by atoms with Crippen LogP contribution in [0.2, 0.25) is 0 Å². The number of fused-ring (bicyclic) bond motifs is 2. The number of hydrogen-bond acceptors (Lipinski definition) is 7. The number of aromatic nitrogens is 6. The summed E-state index contributed by atoms with van der Waals surface area (Å²) in [6.07, 6.45) is 4.49. The van der Waals surface area contributed by atoms with Gasteiger partial charge in [-0.25, -0.2) is 18.4 Å². The lowest BCUT2D eigenvalue weighted by Gasteiger charge is -2.15. The van der Waals surface area contributed by atoms with Crippen LogP contribution in [0.3, 0.4) is 0 Å². The Bertz CT molecular complexity index is 1150. The monoisotopic (exact) mass is 381 g/mol. The number of nitrogens with zero attached hydrogens (tertiary/aromatic N) is 7. The molecule has 0 aliphatic carbocycles. The number of rotatable bonds is 4. The molecular weight excluding hydrogens is 361 g/mol. The lowest BCUT2D eigenvalue weighted by molar-refractivity contribution is 0.314. The van der Waals surface area contributed by atoms with E-state index in [4.69, 9.17) is 0 Å².